The van der Waals surface area contributed by atoms with Gasteiger partial charge in [-0.25, -0.2) is 9.59 Å². The van der Waals surface area contributed by atoms with Crippen molar-refractivity contribution in [3.63, 3.8) is 0 Å². The summed E-state index contributed by atoms with van der Waals surface area (Å²) in [6, 6.07) is -0.762. The van der Waals surface area contributed by atoms with E-state index >= 15 is 0 Å². The number of hydrogen-bond donors (Lipinski definition) is 4. The van der Waals surface area contributed by atoms with Crippen LogP contribution in [0.4, 0.5) is 9.59 Å². The highest BCUT2D eigenvalue weighted by molar-refractivity contribution is 8.76. The number of ether oxygens (including phenoxy) is 2. The van der Waals surface area contributed by atoms with E-state index in [1.807, 2.05) is 0 Å². The number of carbonyl (C=O) groups excluding carboxylic acids is 3. The monoisotopic (exact) mass is 466 g/mol. The van der Waals surface area contributed by atoms with Crippen LogP contribution >= 0.6 is 21.6 Å². The van der Waals surface area contributed by atoms with Crippen molar-refractivity contribution in [3.8, 4) is 0 Å². The Hall–Kier alpha value is -1.33. The lowest BCUT2D eigenvalue weighted by Crippen LogP contribution is -2.48. The number of carbonyl (C=O) groups is 3. The summed E-state index contributed by atoms with van der Waals surface area (Å²) in [5, 5.41) is 8.08. The molecule has 3 amide bonds. The summed E-state index contributed by atoms with van der Waals surface area (Å²) in [5.41, 5.74) is 4.19. The standard InChI is InChI=1S/C19H38N4O5S2/c1-18(2,3)27-16(25)22-10-7-8-14(23-17(26)28-19(4,5)6)15(24)21-11-13-30-29-12-9-20/h14H,7-13,20H2,1-6H3,(H,21,24)(H,22,25)(H,23,26). The third-order valence-electron chi connectivity index (χ3n) is 3.11. The van der Waals surface area contributed by atoms with Crippen molar-refractivity contribution >= 4 is 39.7 Å². The fraction of sp³-hybridized carbons (Fsp3) is 0.842. The van der Waals surface area contributed by atoms with Crippen molar-refractivity contribution in [2.24, 2.45) is 5.73 Å². The molecule has 176 valence electrons. The highest BCUT2D eigenvalue weighted by atomic mass is 33.1. The zero-order valence-electron chi connectivity index (χ0n) is 19.0. The summed E-state index contributed by atoms with van der Waals surface area (Å²) in [6.07, 6.45) is -0.351. The molecule has 0 bridgehead atoms. The molecule has 0 saturated carbocycles. The first-order chi connectivity index (χ1) is 13.8. The van der Waals surface area contributed by atoms with Gasteiger partial charge in [0.2, 0.25) is 5.91 Å². The Morgan fingerprint density at radius 2 is 1.43 bits per heavy atom. The molecule has 0 aliphatic heterocycles. The molecule has 0 heterocycles. The molecule has 0 radical (unpaired) electrons. The van der Waals surface area contributed by atoms with E-state index in [1.54, 1.807) is 63.1 Å². The number of nitrogens with one attached hydrogen (secondary N) is 3. The van der Waals surface area contributed by atoms with Gasteiger partial charge in [0.25, 0.3) is 0 Å². The van der Waals surface area contributed by atoms with Gasteiger partial charge in [-0.1, -0.05) is 21.6 Å². The third kappa shape index (κ3) is 17.5. The zero-order valence-corrected chi connectivity index (χ0v) is 20.6. The molecule has 5 N–H and O–H groups in total. The van der Waals surface area contributed by atoms with Crippen molar-refractivity contribution in [1.82, 2.24) is 16.0 Å². The van der Waals surface area contributed by atoms with Crippen LogP contribution in [0, 0.1) is 0 Å². The van der Waals surface area contributed by atoms with Gasteiger partial charge in [-0.05, 0) is 54.4 Å². The molecular weight excluding hydrogens is 428 g/mol. The summed E-state index contributed by atoms with van der Waals surface area (Å²) in [5.74, 6) is 1.30. The maximum atomic E-state index is 12.5. The van der Waals surface area contributed by atoms with Gasteiger partial charge in [0, 0.05) is 31.1 Å². The van der Waals surface area contributed by atoms with Crippen LogP contribution in [0.2, 0.25) is 0 Å². The van der Waals surface area contributed by atoms with E-state index in [-0.39, 0.29) is 5.91 Å². The smallest absolute Gasteiger partial charge is 0.408 e. The molecule has 0 saturated heterocycles. The average Bonchev–Trinajstić information content (AvgIpc) is 2.57. The molecule has 30 heavy (non-hydrogen) atoms. The molecule has 0 rings (SSSR count). The van der Waals surface area contributed by atoms with E-state index in [2.05, 4.69) is 16.0 Å². The Bertz CT molecular complexity index is 536. The predicted molar refractivity (Wildman–Crippen MR) is 124 cm³/mol. The average molecular weight is 467 g/mol. The normalized spacial score (nSPS) is 12.6. The SMILES string of the molecule is CC(C)(C)OC(=O)NCCCC(NC(=O)OC(C)(C)C)C(=O)NCCSSCCN. The molecule has 0 aromatic rings. The molecule has 1 unspecified atom stereocenters. The minimum absolute atomic E-state index is 0.289. The lowest BCUT2D eigenvalue weighted by Gasteiger charge is -2.23. The molecule has 9 nitrogen and oxygen atoms in total. The van der Waals surface area contributed by atoms with E-state index in [0.717, 1.165) is 11.5 Å². The number of alkyl carbamates (subject to hydrolysis) is 2. The predicted octanol–water partition coefficient (Wildman–Crippen LogP) is 2.64. The molecule has 1 atom stereocenters. The summed E-state index contributed by atoms with van der Waals surface area (Å²) >= 11 is 0. The van der Waals surface area contributed by atoms with E-state index in [4.69, 9.17) is 15.2 Å². The first-order valence-electron chi connectivity index (χ1n) is 10.0. The molecule has 0 aliphatic rings. The number of hydrogen-bond acceptors (Lipinski definition) is 8. The maximum absolute atomic E-state index is 12.5. The molecule has 0 spiro atoms. The van der Waals surface area contributed by atoms with Crippen LogP contribution in [0.25, 0.3) is 0 Å². The molecule has 0 fully saturated rings. The molecule has 0 aromatic carbocycles. The van der Waals surface area contributed by atoms with E-state index in [1.165, 1.54) is 0 Å². The minimum Gasteiger partial charge on any atom is -0.444 e. The molecule has 11 heteroatoms. The fourth-order valence-electron chi connectivity index (χ4n) is 2.03. The lowest BCUT2D eigenvalue weighted by atomic mass is 10.1. The zero-order chi connectivity index (χ0) is 23.2. The fourth-order valence-corrected chi connectivity index (χ4v) is 3.80. The second-order valence-electron chi connectivity index (χ2n) is 8.49. The van der Waals surface area contributed by atoms with Gasteiger partial charge in [0.05, 0.1) is 0 Å². The van der Waals surface area contributed by atoms with Crippen molar-refractivity contribution in [2.45, 2.75) is 71.6 Å². The Morgan fingerprint density at radius 3 is 2.00 bits per heavy atom. The van der Waals surface area contributed by atoms with E-state index in [9.17, 15) is 14.4 Å². The van der Waals surface area contributed by atoms with E-state index in [0.29, 0.717) is 32.5 Å². The van der Waals surface area contributed by atoms with Crippen molar-refractivity contribution in [3.05, 3.63) is 0 Å². The van der Waals surface area contributed by atoms with Crippen LogP contribution in [-0.4, -0.2) is 66.5 Å². The lowest BCUT2D eigenvalue weighted by molar-refractivity contribution is -0.123. The van der Waals surface area contributed by atoms with Gasteiger partial charge in [-0.3, -0.25) is 4.79 Å². The number of rotatable bonds is 12. The van der Waals surface area contributed by atoms with Gasteiger partial charge < -0.3 is 31.2 Å². The Labute approximate surface area is 188 Å². The summed E-state index contributed by atoms with van der Waals surface area (Å²) in [7, 11) is 3.28. The molecule has 0 aliphatic carbocycles. The van der Waals surface area contributed by atoms with E-state index < -0.39 is 29.4 Å². The first kappa shape index (κ1) is 28.7. The van der Waals surface area contributed by atoms with Crippen LogP contribution in [0.1, 0.15) is 54.4 Å². The quantitative estimate of drug-likeness (QED) is 0.255. The van der Waals surface area contributed by atoms with Crippen molar-refractivity contribution in [1.29, 1.82) is 0 Å². The summed E-state index contributed by atoms with van der Waals surface area (Å²) < 4.78 is 10.4. The second kappa shape index (κ2) is 14.6. The van der Waals surface area contributed by atoms with Crippen LogP contribution in [0.3, 0.4) is 0 Å². The van der Waals surface area contributed by atoms with Crippen molar-refractivity contribution < 1.29 is 23.9 Å². The molecular formula is C19H38N4O5S2. The second-order valence-corrected chi connectivity index (χ2v) is 11.2. The van der Waals surface area contributed by atoms with Gasteiger partial charge in [-0.15, -0.1) is 0 Å². The van der Waals surface area contributed by atoms with Crippen LogP contribution < -0.4 is 21.7 Å². The van der Waals surface area contributed by atoms with Crippen LogP contribution in [-0.2, 0) is 14.3 Å². The Balaban J connectivity index is 4.54. The van der Waals surface area contributed by atoms with Gasteiger partial charge >= 0.3 is 12.2 Å². The minimum atomic E-state index is -0.762. The highest BCUT2D eigenvalue weighted by Gasteiger charge is 2.24. The molecule has 0 aromatic heterocycles. The Morgan fingerprint density at radius 1 is 0.867 bits per heavy atom. The number of amides is 3. The largest absolute Gasteiger partial charge is 0.444 e. The van der Waals surface area contributed by atoms with Gasteiger partial charge in [-0.2, -0.15) is 0 Å². The van der Waals surface area contributed by atoms with Crippen molar-refractivity contribution in [2.75, 3.05) is 31.1 Å². The summed E-state index contributed by atoms with van der Waals surface area (Å²) in [4.78, 5) is 36.3. The Kier molecular flexibility index (Phi) is 14.0. The van der Waals surface area contributed by atoms with Crippen LogP contribution in [0.15, 0.2) is 0 Å². The van der Waals surface area contributed by atoms with Gasteiger partial charge in [0.15, 0.2) is 0 Å². The van der Waals surface area contributed by atoms with Gasteiger partial charge in [0.1, 0.15) is 17.2 Å². The summed E-state index contributed by atoms with van der Waals surface area (Å²) in [6.45, 7) is 12.0. The first-order valence-corrected chi connectivity index (χ1v) is 12.5. The van der Waals surface area contributed by atoms with Crippen LogP contribution in [0.5, 0.6) is 0 Å². The highest BCUT2D eigenvalue weighted by Crippen LogP contribution is 2.18. The topological polar surface area (TPSA) is 132 Å². The maximum Gasteiger partial charge on any atom is 0.408 e. The third-order valence-corrected chi connectivity index (χ3v) is 5.55. The number of nitrogens with two attached hydrogens (primary N) is 1.